The van der Waals surface area contributed by atoms with E-state index >= 15 is 0 Å². The highest BCUT2D eigenvalue weighted by atomic mass is 16.3. The van der Waals surface area contributed by atoms with Gasteiger partial charge in [0.1, 0.15) is 0 Å². The SMILES string of the molecule is CC(NC(=O)NCC1(CCO)CCCCC1)C1CCC1. The molecule has 2 aliphatic carbocycles. The maximum Gasteiger partial charge on any atom is 0.315 e. The molecule has 2 aliphatic rings. The van der Waals surface area contributed by atoms with Crippen LogP contribution >= 0.6 is 0 Å². The van der Waals surface area contributed by atoms with Crippen molar-refractivity contribution < 1.29 is 9.90 Å². The zero-order valence-electron chi connectivity index (χ0n) is 12.8. The predicted molar refractivity (Wildman–Crippen MR) is 80.6 cm³/mol. The van der Waals surface area contributed by atoms with Crippen molar-refractivity contribution in [3.05, 3.63) is 0 Å². The topological polar surface area (TPSA) is 61.4 Å². The van der Waals surface area contributed by atoms with Crippen LogP contribution in [0.1, 0.15) is 64.7 Å². The number of hydrogen-bond donors (Lipinski definition) is 3. The Kier molecular flexibility index (Phi) is 5.70. The molecule has 2 fully saturated rings. The molecule has 4 nitrogen and oxygen atoms in total. The highest BCUT2D eigenvalue weighted by Gasteiger charge is 2.32. The van der Waals surface area contributed by atoms with Crippen LogP contribution in [0.5, 0.6) is 0 Å². The van der Waals surface area contributed by atoms with Gasteiger partial charge < -0.3 is 15.7 Å². The number of carbonyl (C=O) groups excluding carboxylic acids is 1. The third-order valence-electron chi connectivity index (χ3n) is 5.40. The maximum absolute atomic E-state index is 12.0. The van der Waals surface area contributed by atoms with Crippen LogP contribution in [-0.2, 0) is 0 Å². The van der Waals surface area contributed by atoms with E-state index in [2.05, 4.69) is 17.6 Å². The third kappa shape index (κ3) is 4.11. The summed E-state index contributed by atoms with van der Waals surface area (Å²) in [5.74, 6) is 0.668. The van der Waals surface area contributed by atoms with Crippen molar-refractivity contribution in [2.45, 2.75) is 70.8 Å². The second-order valence-electron chi connectivity index (χ2n) is 6.84. The van der Waals surface area contributed by atoms with Crippen LogP contribution in [0.2, 0.25) is 0 Å². The molecule has 2 saturated carbocycles. The van der Waals surface area contributed by atoms with Crippen LogP contribution in [0.4, 0.5) is 4.79 Å². The minimum absolute atomic E-state index is 0.0349. The molecule has 2 amide bonds. The van der Waals surface area contributed by atoms with Crippen molar-refractivity contribution in [2.75, 3.05) is 13.2 Å². The molecule has 2 rings (SSSR count). The smallest absolute Gasteiger partial charge is 0.315 e. The summed E-state index contributed by atoms with van der Waals surface area (Å²) in [6, 6.07) is 0.246. The van der Waals surface area contributed by atoms with Gasteiger partial charge in [-0.2, -0.15) is 0 Å². The molecule has 0 aromatic heterocycles. The summed E-state index contributed by atoms with van der Waals surface area (Å²) in [5, 5.41) is 15.4. The molecule has 3 N–H and O–H groups in total. The fourth-order valence-electron chi connectivity index (χ4n) is 3.64. The van der Waals surface area contributed by atoms with Crippen molar-refractivity contribution in [3.63, 3.8) is 0 Å². The van der Waals surface area contributed by atoms with Gasteiger partial charge >= 0.3 is 6.03 Å². The summed E-state index contributed by atoms with van der Waals surface area (Å²) in [7, 11) is 0. The van der Waals surface area contributed by atoms with Crippen molar-refractivity contribution >= 4 is 6.03 Å². The fourth-order valence-corrected chi connectivity index (χ4v) is 3.64. The normalized spacial score (nSPS) is 23.7. The Bertz CT molecular complexity index is 304. The second-order valence-corrected chi connectivity index (χ2v) is 6.84. The molecule has 116 valence electrons. The van der Waals surface area contributed by atoms with Crippen molar-refractivity contribution in [1.29, 1.82) is 0 Å². The first-order valence-corrected chi connectivity index (χ1v) is 8.30. The Morgan fingerprint density at radius 3 is 2.50 bits per heavy atom. The lowest BCUT2D eigenvalue weighted by molar-refractivity contribution is 0.126. The molecule has 0 aromatic rings. The van der Waals surface area contributed by atoms with Crippen molar-refractivity contribution in [3.8, 4) is 0 Å². The molecule has 0 aromatic carbocycles. The molecule has 1 atom stereocenters. The van der Waals surface area contributed by atoms with Crippen LogP contribution in [0.25, 0.3) is 0 Å². The van der Waals surface area contributed by atoms with E-state index in [1.165, 1.54) is 38.5 Å². The first kappa shape index (κ1) is 15.6. The summed E-state index contributed by atoms with van der Waals surface area (Å²) >= 11 is 0. The molecule has 20 heavy (non-hydrogen) atoms. The molecule has 0 saturated heterocycles. The van der Waals surface area contributed by atoms with E-state index in [0.29, 0.717) is 12.5 Å². The number of hydrogen-bond acceptors (Lipinski definition) is 2. The van der Waals surface area contributed by atoms with Gasteiger partial charge in [0, 0.05) is 19.2 Å². The number of aliphatic hydroxyl groups excluding tert-OH is 1. The zero-order valence-corrected chi connectivity index (χ0v) is 12.8. The van der Waals surface area contributed by atoms with Gasteiger partial charge in [0.25, 0.3) is 0 Å². The Labute approximate surface area is 122 Å². The van der Waals surface area contributed by atoms with Gasteiger partial charge in [-0.15, -0.1) is 0 Å². The van der Waals surface area contributed by atoms with Gasteiger partial charge in [-0.05, 0) is 50.4 Å². The molecule has 0 heterocycles. The lowest BCUT2D eigenvalue weighted by atomic mass is 9.72. The molecule has 0 spiro atoms. The van der Waals surface area contributed by atoms with Crippen LogP contribution in [-0.4, -0.2) is 30.3 Å². The van der Waals surface area contributed by atoms with Crippen molar-refractivity contribution in [1.82, 2.24) is 10.6 Å². The third-order valence-corrected chi connectivity index (χ3v) is 5.40. The molecule has 0 aliphatic heterocycles. The summed E-state index contributed by atoms with van der Waals surface area (Å²) in [6.07, 6.45) is 10.6. The van der Waals surface area contributed by atoms with Crippen molar-refractivity contribution in [2.24, 2.45) is 11.3 Å². The largest absolute Gasteiger partial charge is 0.396 e. The van der Waals surface area contributed by atoms with Gasteiger partial charge in [0.2, 0.25) is 0 Å². The number of carbonyl (C=O) groups is 1. The maximum atomic E-state index is 12.0. The first-order valence-electron chi connectivity index (χ1n) is 8.30. The van der Waals surface area contributed by atoms with E-state index < -0.39 is 0 Å². The molecular weight excluding hydrogens is 252 g/mol. The minimum atomic E-state index is -0.0349. The number of rotatable bonds is 6. The standard InChI is InChI=1S/C16H30N2O2/c1-13(14-6-5-7-14)18-15(20)17-12-16(10-11-19)8-3-2-4-9-16/h13-14,19H,2-12H2,1H3,(H2,17,18,20). The van der Waals surface area contributed by atoms with Crippen LogP contribution < -0.4 is 10.6 Å². The van der Waals surface area contributed by atoms with E-state index in [0.717, 1.165) is 19.3 Å². The molecule has 0 bridgehead atoms. The van der Waals surface area contributed by atoms with E-state index in [1.807, 2.05) is 0 Å². The summed E-state index contributed by atoms with van der Waals surface area (Å²) in [4.78, 5) is 12.0. The monoisotopic (exact) mass is 282 g/mol. The lowest BCUT2D eigenvalue weighted by Gasteiger charge is -2.37. The summed E-state index contributed by atoms with van der Waals surface area (Å²) in [5.41, 5.74) is 0.129. The Balaban J connectivity index is 1.74. The Morgan fingerprint density at radius 2 is 1.95 bits per heavy atom. The van der Waals surface area contributed by atoms with Gasteiger partial charge in [0.15, 0.2) is 0 Å². The number of amides is 2. The molecule has 0 radical (unpaired) electrons. The fraction of sp³-hybridized carbons (Fsp3) is 0.938. The zero-order chi connectivity index (χ0) is 14.4. The highest BCUT2D eigenvalue weighted by Crippen LogP contribution is 2.38. The van der Waals surface area contributed by atoms with Crippen LogP contribution in [0.3, 0.4) is 0 Å². The Hall–Kier alpha value is -0.770. The van der Waals surface area contributed by atoms with Gasteiger partial charge in [0.05, 0.1) is 0 Å². The minimum Gasteiger partial charge on any atom is -0.396 e. The molecule has 4 heteroatoms. The summed E-state index contributed by atoms with van der Waals surface area (Å²) < 4.78 is 0. The average molecular weight is 282 g/mol. The number of urea groups is 1. The molecule has 1 unspecified atom stereocenters. The van der Waals surface area contributed by atoms with E-state index in [9.17, 15) is 9.90 Å². The summed E-state index contributed by atoms with van der Waals surface area (Å²) in [6.45, 7) is 3.03. The highest BCUT2D eigenvalue weighted by molar-refractivity contribution is 5.74. The molecular formula is C16H30N2O2. The van der Waals surface area contributed by atoms with E-state index in [1.54, 1.807) is 0 Å². The van der Waals surface area contributed by atoms with Crippen LogP contribution in [0.15, 0.2) is 0 Å². The van der Waals surface area contributed by atoms with Gasteiger partial charge in [-0.3, -0.25) is 0 Å². The lowest BCUT2D eigenvalue weighted by Crippen LogP contribution is -2.48. The van der Waals surface area contributed by atoms with Crippen LogP contribution in [0, 0.1) is 11.3 Å². The average Bonchev–Trinajstić information content (AvgIpc) is 2.36. The van der Waals surface area contributed by atoms with Gasteiger partial charge in [-0.25, -0.2) is 4.79 Å². The van der Waals surface area contributed by atoms with E-state index in [4.69, 9.17) is 0 Å². The number of nitrogens with one attached hydrogen (secondary N) is 2. The Morgan fingerprint density at radius 1 is 1.25 bits per heavy atom. The first-order chi connectivity index (χ1) is 9.65. The predicted octanol–water partition coefficient (Wildman–Crippen LogP) is 2.81. The second kappa shape index (κ2) is 7.30. The van der Waals surface area contributed by atoms with Gasteiger partial charge in [-0.1, -0.05) is 25.7 Å². The van der Waals surface area contributed by atoms with E-state index in [-0.39, 0.29) is 24.1 Å². The quantitative estimate of drug-likeness (QED) is 0.701. The number of aliphatic hydroxyl groups is 1.